The summed E-state index contributed by atoms with van der Waals surface area (Å²) >= 11 is 0. The van der Waals surface area contributed by atoms with E-state index in [4.69, 9.17) is 0 Å². The summed E-state index contributed by atoms with van der Waals surface area (Å²) in [5.41, 5.74) is 3.94. The average molecular weight is 424 g/mol. The Morgan fingerprint density at radius 3 is 2.52 bits per heavy atom. The summed E-state index contributed by atoms with van der Waals surface area (Å²) in [6.07, 6.45) is -4.33. The quantitative estimate of drug-likeness (QED) is 0.509. The van der Waals surface area contributed by atoms with Crippen molar-refractivity contribution in [2.45, 2.75) is 25.7 Å². The smallest absolute Gasteiger partial charge is 0.354 e. The van der Waals surface area contributed by atoms with Gasteiger partial charge in [-0.2, -0.15) is 13.2 Å². The molecule has 4 aromatic rings. The van der Waals surface area contributed by atoms with Crippen LogP contribution in [0, 0.1) is 0 Å². The van der Waals surface area contributed by atoms with Gasteiger partial charge in [-0.15, -0.1) is 0 Å². The molecule has 0 saturated heterocycles. The van der Waals surface area contributed by atoms with E-state index in [-0.39, 0.29) is 12.2 Å². The van der Waals surface area contributed by atoms with Gasteiger partial charge in [0.25, 0.3) is 5.56 Å². The van der Waals surface area contributed by atoms with E-state index in [2.05, 4.69) is 9.97 Å². The molecule has 31 heavy (non-hydrogen) atoms. The number of nitrogens with zero attached hydrogens (tertiary/aromatic N) is 2. The Bertz CT molecular complexity index is 1310. The molecule has 0 bridgehead atoms. The van der Waals surface area contributed by atoms with Gasteiger partial charge in [0.1, 0.15) is 0 Å². The van der Waals surface area contributed by atoms with Crippen LogP contribution < -0.4 is 5.56 Å². The summed E-state index contributed by atoms with van der Waals surface area (Å²) in [5.74, 6) is -1.24. The number of benzene rings is 2. The summed E-state index contributed by atoms with van der Waals surface area (Å²) in [4.78, 5) is 23.3. The van der Waals surface area contributed by atoms with E-state index in [1.165, 1.54) is 0 Å². The van der Waals surface area contributed by atoms with Crippen molar-refractivity contribution in [3.8, 4) is 11.3 Å². The maximum Gasteiger partial charge on any atom is 0.449 e. The zero-order valence-electron chi connectivity index (χ0n) is 16.5. The Morgan fingerprint density at radius 1 is 1.00 bits per heavy atom. The van der Waals surface area contributed by atoms with Gasteiger partial charge in [0.2, 0.25) is 5.82 Å². The highest BCUT2D eigenvalue weighted by molar-refractivity contribution is 5.90. The molecule has 0 unspecified atom stereocenters. The highest BCUT2D eigenvalue weighted by Gasteiger charge is 2.36. The number of hydrogen-bond acceptors (Lipinski definition) is 3. The minimum atomic E-state index is -4.69. The van der Waals surface area contributed by atoms with Gasteiger partial charge < -0.3 is 9.97 Å². The molecule has 2 N–H and O–H groups in total. The first-order valence-corrected chi connectivity index (χ1v) is 9.97. The monoisotopic (exact) mass is 424 g/mol. The van der Waals surface area contributed by atoms with Crippen LogP contribution in [-0.4, -0.2) is 26.4 Å². The van der Waals surface area contributed by atoms with Crippen molar-refractivity contribution in [1.29, 1.82) is 0 Å². The summed E-state index contributed by atoms with van der Waals surface area (Å²) in [6.45, 7) is 1.29. The summed E-state index contributed by atoms with van der Waals surface area (Å²) in [6, 6.07) is 17.9. The van der Waals surface area contributed by atoms with E-state index >= 15 is 0 Å². The van der Waals surface area contributed by atoms with E-state index in [9.17, 15) is 18.0 Å². The van der Waals surface area contributed by atoms with Gasteiger partial charge in [0, 0.05) is 36.1 Å². The van der Waals surface area contributed by atoms with Gasteiger partial charge in [0.15, 0.2) is 0 Å². The van der Waals surface area contributed by atoms with E-state index < -0.39 is 17.6 Å². The summed E-state index contributed by atoms with van der Waals surface area (Å²) in [5, 5.41) is 1.07. The highest BCUT2D eigenvalue weighted by atomic mass is 19.4. The molecule has 3 heterocycles. The maximum atomic E-state index is 13.1. The van der Waals surface area contributed by atoms with Gasteiger partial charge >= 0.3 is 6.18 Å². The van der Waals surface area contributed by atoms with Crippen molar-refractivity contribution in [2.24, 2.45) is 0 Å². The first-order chi connectivity index (χ1) is 14.9. The number of rotatable bonds is 3. The zero-order valence-corrected chi connectivity index (χ0v) is 16.5. The van der Waals surface area contributed by atoms with Gasteiger partial charge in [-0.25, -0.2) is 4.98 Å². The second-order valence-corrected chi connectivity index (χ2v) is 7.69. The van der Waals surface area contributed by atoms with Gasteiger partial charge in [-0.05, 0) is 23.6 Å². The predicted octanol–water partition coefficient (Wildman–Crippen LogP) is 4.50. The maximum absolute atomic E-state index is 13.1. The van der Waals surface area contributed by atoms with Crippen LogP contribution in [0.5, 0.6) is 0 Å². The lowest BCUT2D eigenvalue weighted by Gasteiger charge is -2.28. The molecule has 0 amide bonds. The number of halogens is 3. The van der Waals surface area contributed by atoms with Crippen LogP contribution in [0.3, 0.4) is 0 Å². The van der Waals surface area contributed by atoms with E-state index in [0.717, 1.165) is 27.7 Å². The number of H-pyrrole nitrogens is 2. The first-order valence-electron chi connectivity index (χ1n) is 9.97. The van der Waals surface area contributed by atoms with Crippen molar-refractivity contribution in [3.63, 3.8) is 0 Å². The molecule has 0 saturated carbocycles. The Kier molecular flexibility index (Phi) is 4.66. The minimum Gasteiger partial charge on any atom is -0.354 e. The zero-order chi connectivity index (χ0) is 21.6. The van der Waals surface area contributed by atoms with E-state index in [1.54, 1.807) is 0 Å². The minimum absolute atomic E-state index is 0.191. The third kappa shape index (κ3) is 3.63. The molecule has 0 radical (unpaired) electrons. The SMILES string of the molecule is O=c1[nH]c(C(F)(F)F)nc2c1CCN(Cc1c(-c3ccccc3)[nH]c3ccccc13)C2. The molecule has 0 spiro atoms. The van der Waals surface area contributed by atoms with Crippen molar-refractivity contribution >= 4 is 10.9 Å². The number of hydrogen-bond donors (Lipinski definition) is 2. The molecule has 5 rings (SSSR count). The number of fused-ring (bicyclic) bond motifs is 2. The van der Waals surface area contributed by atoms with Gasteiger partial charge in [-0.3, -0.25) is 9.69 Å². The fraction of sp³-hybridized carbons (Fsp3) is 0.217. The number of alkyl halides is 3. The number of nitrogens with one attached hydrogen (secondary N) is 2. The van der Waals surface area contributed by atoms with Crippen LogP contribution in [0.4, 0.5) is 13.2 Å². The number of para-hydroxylation sites is 1. The molecular weight excluding hydrogens is 405 g/mol. The second-order valence-electron chi connectivity index (χ2n) is 7.69. The third-order valence-electron chi connectivity index (χ3n) is 5.68. The third-order valence-corrected chi connectivity index (χ3v) is 5.68. The van der Waals surface area contributed by atoms with E-state index in [1.807, 2.05) is 64.5 Å². The largest absolute Gasteiger partial charge is 0.449 e. The molecule has 0 fully saturated rings. The lowest BCUT2D eigenvalue weighted by atomic mass is 10.0. The molecule has 5 nitrogen and oxygen atoms in total. The predicted molar refractivity (Wildman–Crippen MR) is 111 cm³/mol. The van der Waals surface area contributed by atoms with Crippen LogP contribution in [0.25, 0.3) is 22.2 Å². The molecule has 158 valence electrons. The van der Waals surface area contributed by atoms with Gasteiger partial charge in [0.05, 0.1) is 11.4 Å². The molecule has 2 aromatic carbocycles. The van der Waals surface area contributed by atoms with Crippen LogP contribution in [0.15, 0.2) is 59.4 Å². The molecule has 1 aliphatic rings. The molecular formula is C23H19F3N4O. The molecule has 2 aromatic heterocycles. The lowest BCUT2D eigenvalue weighted by molar-refractivity contribution is -0.145. The molecule has 8 heteroatoms. The number of aromatic amines is 2. The Hall–Kier alpha value is -3.39. The fourth-order valence-electron chi connectivity index (χ4n) is 4.20. The molecule has 1 aliphatic heterocycles. The van der Waals surface area contributed by atoms with Crippen molar-refractivity contribution in [3.05, 3.63) is 87.6 Å². The van der Waals surface area contributed by atoms with Crippen LogP contribution in [-0.2, 0) is 25.7 Å². The average Bonchev–Trinajstić information content (AvgIpc) is 3.12. The van der Waals surface area contributed by atoms with Crippen LogP contribution in [0.1, 0.15) is 22.6 Å². The lowest BCUT2D eigenvalue weighted by Crippen LogP contribution is -2.36. The van der Waals surface area contributed by atoms with Crippen LogP contribution >= 0.6 is 0 Å². The first kappa shape index (κ1) is 19.6. The van der Waals surface area contributed by atoms with Crippen LogP contribution in [0.2, 0.25) is 0 Å². The van der Waals surface area contributed by atoms with Gasteiger partial charge in [-0.1, -0.05) is 48.5 Å². The summed E-state index contributed by atoms with van der Waals surface area (Å²) in [7, 11) is 0. The fourth-order valence-corrected chi connectivity index (χ4v) is 4.20. The van der Waals surface area contributed by atoms with Crippen molar-refractivity contribution in [1.82, 2.24) is 19.9 Å². The Balaban J connectivity index is 1.52. The topological polar surface area (TPSA) is 64.8 Å². The normalized spacial score (nSPS) is 14.7. The Labute approximate surface area is 175 Å². The highest BCUT2D eigenvalue weighted by Crippen LogP contribution is 2.32. The molecule has 0 atom stereocenters. The Morgan fingerprint density at radius 2 is 1.74 bits per heavy atom. The van der Waals surface area contributed by atoms with Crippen molar-refractivity contribution in [2.75, 3.05) is 6.54 Å². The molecule has 0 aliphatic carbocycles. The van der Waals surface area contributed by atoms with Crippen molar-refractivity contribution < 1.29 is 13.2 Å². The number of aromatic nitrogens is 3. The summed E-state index contributed by atoms with van der Waals surface area (Å²) < 4.78 is 39.3. The second kappa shape index (κ2) is 7.39. The van der Waals surface area contributed by atoms with E-state index in [0.29, 0.717) is 25.1 Å². The standard InChI is InChI=1S/C23H19F3N4O/c24-23(25,26)22-28-19-13-30(11-10-16(19)21(31)29-22)12-17-15-8-4-5-9-18(15)27-20(17)14-6-2-1-3-7-14/h1-9,27H,10-13H2,(H,28,29,31).